The minimum atomic E-state index is -0.170. The number of hydrogen-bond donors (Lipinski definition) is 3. The Hall–Kier alpha value is -3.37. The van der Waals surface area contributed by atoms with Gasteiger partial charge < -0.3 is 20.7 Å². The molecule has 0 saturated heterocycles. The summed E-state index contributed by atoms with van der Waals surface area (Å²) in [5.41, 5.74) is 2.64. The number of carbonyl (C=O) groups is 3. The molecule has 0 atom stereocenters. The summed E-state index contributed by atoms with van der Waals surface area (Å²) in [6, 6.07) is 14.0. The third-order valence-electron chi connectivity index (χ3n) is 4.06. The number of ether oxygens (including phenoxy) is 1. The Kier molecular flexibility index (Phi) is 8.23. The number of nitrogens with one attached hydrogen (secondary N) is 3. The number of nitrogens with zero attached hydrogens (tertiary/aromatic N) is 1. The minimum absolute atomic E-state index is 0.149. The van der Waals surface area contributed by atoms with Gasteiger partial charge in [-0.15, -0.1) is 11.3 Å². The molecule has 0 saturated carbocycles. The summed E-state index contributed by atoms with van der Waals surface area (Å²) in [5.74, 6) is 0.418. The lowest BCUT2D eigenvalue weighted by atomic mass is 10.2. The molecule has 0 radical (unpaired) electrons. The van der Waals surface area contributed by atoms with Crippen molar-refractivity contribution in [2.75, 3.05) is 28.8 Å². The highest BCUT2D eigenvalue weighted by atomic mass is 32.2. The number of benzene rings is 2. The van der Waals surface area contributed by atoms with Gasteiger partial charge in [0.2, 0.25) is 17.7 Å². The van der Waals surface area contributed by atoms with E-state index in [-0.39, 0.29) is 29.9 Å². The van der Waals surface area contributed by atoms with E-state index >= 15 is 0 Å². The topological polar surface area (TPSA) is 109 Å². The van der Waals surface area contributed by atoms with E-state index in [1.807, 2.05) is 5.38 Å². The quantitative estimate of drug-likeness (QED) is 0.408. The highest BCUT2D eigenvalue weighted by molar-refractivity contribution is 8.01. The summed E-state index contributed by atoms with van der Waals surface area (Å²) >= 11 is 2.70. The number of carbonyl (C=O) groups excluding carboxylic acids is 3. The van der Waals surface area contributed by atoms with Gasteiger partial charge in [0, 0.05) is 29.4 Å². The van der Waals surface area contributed by atoms with Crippen LogP contribution >= 0.6 is 23.1 Å². The van der Waals surface area contributed by atoms with E-state index in [1.165, 1.54) is 30.0 Å². The van der Waals surface area contributed by atoms with Crippen LogP contribution in [0.5, 0.6) is 5.75 Å². The van der Waals surface area contributed by atoms with Crippen molar-refractivity contribution in [1.82, 2.24) is 4.98 Å². The van der Waals surface area contributed by atoms with Crippen molar-refractivity contribution in [2.45, 2.75) is 17.7 Å². The molecule has 2 aromatic carbocycles. The smallest absolute Gasteiger partial charge is 0.234 e. The Labute approximate surface area is 193 Å². The molecule has 3 rings (SSSR count). The first-order valence-corrected chi connectivity index (χ1v) is 11.5. The maximum atomic E-state index is 12.2. The Bertz CT molecular complexity index is 1080. The van der Waals surface area contributed by atoms with E-state index in [2.05, 4.69) is 20.9 Å². The second kappa shape index (κ2) is 11.3. The fourth-order valence-electron chi connectivity index (χ4n) is 2.64. The zero-order chi connectivity index (χ0) is 22.9. The first kappa shape index (κ1) is 23.3. The summed E-state index contributed by atoms with van der Waals surface area (Å²) in [4.78, 5) is 39.9. The van der Waals surface area contributed by atoms with Crippen LogP contribution in [0.4, 0.5) is 17.1 Å². The van der Waals surface area contributed by atoms with Gasteiger partial charge in [0.15, 0.2) is 4.34 Å². The van der Waals surface area contributed by atoms with Crippen molar-refractivity contribution in [3.05, 3.63) is 59.6 Å². The molecule has 0 unspecified atom stereocenters. The Balaban J connectivity index is 1.43. The molecule has 3 N–H and O–H groups in total. The molecule has 8 nitrogen and oxygen atoms in total. The van der Waals surface area contributed by atoms with E-state index in [0.717, 1.165) is 5.75 Å². The van der Waals surface area contributed by atoms with Crippen LogP contribution < -0.4 is 20.7 Å². The maximum absolute atomic E-state index is 12.2. The Morgan fingerprint density at radius 1 is 0.906 bits per heavy atom. The van der Waals surface area contributed by atoms with Gasteiger partial charge in [-0.2, -0.15) is 0 Å². The SMILES string of the molecule is COc1ccc(NC(=O)Cc2csc(SCC(=O)Nc3ccc(NC(C)=O)cc3)n2)cc1. The molecular formula is C22H22N4O4S2. The predicted octanol–water partition coefficient (Wildman–Crippen LogP) is 4.02. The van der Waals surface area contributed by atoms with Crippen LogP contribution in [0.25, 0.3) is 0 Å². The lowest BCUT2D eigenvalue weighted by Gasteiger charge is -2.06. The molecule has 10 heteroatoms. The van der Waals surface area contributed by atoms with Crippen molar-refractivity contribution >= 4 is 57.9 Å². The summed E-state index contributed by atoms with van der Waals surface area (Å²) in [6.45, 7) is 1.43. The number of hydrogen-bond acceptors (Lipinski definition) is 7. The molecule has 0 bridgehead atoms. The largest absolute Gasteiger partial charge is 0.497 e. The van der Waals surface area contributed by atoms with Crippen LogP contribution in [0.15, 0.2) is 58.3 Å². The summed E-state index contributed by atoms with van der Waals surface area (Å²) < 4.78 is 5.81. The summed E-state index contributed by atoms with van der Waals surface area (Å²) in [6.07, 6.45) is 0.149. The third kappa shape index (κ3) is 7.40. The van der Waals surface area contributed by atoms with Gasteiger partial charge in [-0.3, -0.25) is 14.4 Å². The van der Waals surface area contributed by atoms with Crippen LogP contribution in [0.3, 0.4) is 0 Å². The minimum Gasteiger partial charge on any atom is -0.497 e. The number of rotatable bonds is 9. The Morgan fingerprint density at radius 2 is 1.47 bits per heavy atom. The lowest BCUT2D eigenvalue weighted by Crippen LogP contribution is -2.15. The normalized spacial score (nSPS) is 10.3. The number of anilines is 3. The molecule has 1 aromatic heterocycles. The molecule has 166 valence electrons. The van der Waals surface area contributed by atoms with Crippen LogP contribution in [0, 0.1) is 0 Å². The zero-order valence-electron chi connectivity index (χ0n) is 17.5. The molecule has 0 fully saturated rings. The Morgan fingerprint density at radius 3 is 2.06 bits per heavy atom. The molecule has 0 spiro atoms. The standard InChI is InChI=1S/C22H22N4O4S2/c1-14(27)23-15-3-5-16(6-4-15)25-21(29)13-32-22-26-18(12-31-22)11-20(28)24-17-7-9-19(30-2)10-8-17/h3-10,12H,11,13H2,1-2H3,(H,23,27)(H,24,28)(H,25,29). The average Bonchev–Trinajstić information content (AvgIpc) is 3.21. The predicted molar refractivity (Wildman–Crippen MR) is 128 cm³/mol. The van der Waals surface area contributed by atoms with Gasteiger partial charge >= 0.3 is 0 Å². The molecule has 3 aromatic rings. The van der Waals surface area contributed by atoms with Gasteiger partial charge in [0.25, 0.3) is 0 Å². The zero-order valence-corrected chi connectivity index (χ0v) is 19.1. The number of methoxy groups -OCH3 is 1. The molecule has 0 aliphatic heterocycles. The van der Waals surface area contributed by atoms with E-state index in [4.69, 9.17) is 4.74 Å². The van der Waals surface area contributed by atoms with Crippen molar-refractivity contribution in [2.24, 2.45) is 0 Å². The molecule has 3 amide bonds. The number of aromatic nitrogens is 1. The highest BCUT2D eigenvalue weighted by Gasteiger charge is 2.11. The van der Waals surface area contributed by atoms with Crippen molar-refractivity contribution in [3.63, 3.8) is 0 Å². The first-order chi connectivity index (χ1) is 15.4. The third-order valence-corrected chi connectivity index (χ3v) is 6.13. The van der Waals surface area contributed by atoms with Gasteiger partial charge in [-0.25, -0.2) is 4.98 Å². The number of thioether (sulfide) groups is 1. The molecule has 1 heterocycles. The molecule has 0 aliphatic rings. The number of amides is 3. The average molecular weight is 471 g/mol. The monoisotopic (exact) mass is 470 g/mol. The van der Waals surface area contributed by atoms with Gasteiger partial charge in [-0.1, -0.05) is 11.8 Å². The van der Waals surface area contributed by atoms with E-state index in [9.17, 15) is 14.4 Å². The lowest BCUT2D eigenvalue weighted by molar-refractivity contribution is -0.116. The van der Waals surface area contributed by atoms with E-state index < -0.39 is 0 Å². The van der Waals surface area contributed by atoms with Gasteiger partial charge in [0.05, 0.1) is 25.0 Å². The first-order valence-electron chi connectivity index (χ1n) is 9.60. The van der Waals surface area contributed by atoms with E-state index in [1.54, 1.807) is 55.6 Å². The van der Waals surface area contributed by atoms with E-state index in [0.29, 0.717) is 27.1 Å². The maximum Gasteiger partial charge on any atom is 0.234 e. The van der Waals surface area contributed by atoms with Crippen LogP contribution in [-0.2, 0) is 20.8 Å². The molecule has 0 aliphatic carbocycles. The summed E-state index contributed by atoms with van der Waals surface area (Å²) in [7, 11) is 1.58. The van der Waals surface area contributed by atoms with Crippen molar-refractivity contribution < 1.29 is 19.1 Å². The van der Waals surface area contributed by atoms with Crippen molar-refractivity contribution in [1.29, 1.82) is 0 Å². The second-order valence-electron chi connectivity index (χ2n) is 6.65. The highest BCUT2D eigenvalue weighted by Crippen LogP contribution is 2.24. The fourth-order valence-corrected chi connectivity index (χ4v) is 4.29. The molecule has 32 heavy (non-hydrogen) atoms. The van der Waals surface area contributed by atoms with Gasteiger partial charge in [0.1, 0.15) is 5.75 Å². The second-order valence-corrected chi connectivity index (χ2v) is 8.73. The van der Waals surface area contributed by atoms with Crippen LogP contribution in [0.2, 0.25) is 0 Å². The number of thiazole rings is 1. The van der Waals surface area contributed by atoms with Crippen LogP contribution in [0.1, 0.15) is 12.6 Å². The van der Waals surface area contributed by atoms with Crippen LogP contribution in [-0.4, -0.2) is 35.6 Å². The van der Waals surface area contributed by atoms with Gasteiger partial charge in [-0.05, 0) is 48.5 Å². The fraction of sp³-hybridized carbons (Fsp3) is 0.182. The molecular weight excluding hydrogens is 448 g/mol. The summed E-state index contributed by atoms with van der Waals surface area (Å²) in [5, 5.41) is 10.1. The van der Waals surface area contributed by atoms with Crippen molar-refractivity contribution in [3.8, 4) is 5.75 Å².